The van der Waals surface area contributed by atoms with E-state index in [1.807, 2.05) is 35.9 Å². The first-order valence-corrected chi connectivity index (χ1v) is 13.3. The molecular formula is C27H30F5N7. The SMILES string of the molecule is Cn1cnnc1[C@@H](c1cccc(C2NNc3c2cc(C(F)(F)F)nc3CN[C@H]2CCC(F)(F)C2)c1)C1CCC1. The maximum atomic E-state index is 13.9. The molecule has 2 aromatic heterocycles. The minimum Gasteiger partial charge on any atom is -0.320 e. The van der Waals surface area contributed by atoms with Crippen molar-refractivity contribution in [2.24, 2.45) is 13.0 Å². The zero-order valence-electron chi connectivity index (χ0n) is 21.4. The average molecular weight is 548 g/mol. The van der Waals surface area contributed by atoms with Crippen LogP contribution in [-0.4, -0.2) is 31.7 Å². The molecule has 0 saturated heterocycles. The van der Waals surface area contributed by atoms with Gasteiger partial charge in [0.15, 0.2) is 0 Å². The lowest BCUT2D eigenvalue weighted by Gasteiger charge is -2.33. The maximum Gasteiger partial charge on any atom is 0.433 e. The summed E-state index contributed by atoms with van der Waals surface area (Å²) in [6.07, 6.45) is 0.0500. The van der Waals surface area contributed by atoms with Crippen molar-refractivity contribution in [3.8, 4) is 0 Å². The van der Waals surface area contributed by atoms with Gasteiger partial charge >= 0.3 is 6.18 Å². The normalized spacial score (nSPS) is 23.3. The first-order valence-electron chi connectivity index (χ1n) is 13.3. The van der Waals surface area contributed by atoms with Gasteiger partial charge in [0.05, 0.1) is 17.4 Å². The number of nitrogens with zero attached hydrogens (tertiary/aromatic N) is 4. The van der Waals surface area contributed by atoms with E-state index >= 15 is 0 Å². The van der Waals surface area contributed by atoms with Crippen LogP contribution in [0.4, 0.5) is 27.6 Å². The second-order valence-corrected chi connectivity index (χ2v) is 10.9. The Kier molecular flexibility index (Phi) is 6.57. The number of anilines is 1. The summed E-state index contributed by atoms with van der Waals surface area (Å²) in [7, 11) is 1.91. The standard InChI is InChI=1S/C27H30F5N7/c1-39-14-34-38-25(39)22(15-4-2-5-15)16-6-3-7-17(10-16)23-19-11-21(27(30,31)32)35-20(24(19)37-36-23)13-33-18-8-9-26(28,29)12-18/h3,6-7,10-11,14-15,18,22-23,33,36-37H,2,4-5,8-9,12-13H2,1H3/t18-,22+,23?/m0/s1. The van der Waals surface area contributed by atoms with Crippen LogP contribution in [0.15, 0.2) is 36.7 Å². The molecule has 0 amide bonds. The van der Waals surface area contributed by atoms with E-state index in [0.717, 1.165) is 42.3 Å². The van der Waals surface area contributed by atoms with Crippen molar-refractivity contribution in [1.29, 1.82) is 0 Å². The summed E-state index contributed by atoms with van der Waals surface area (Å²) in [5, 5.41) is 11.4. The van der Waals surface area contributed by atoms with Gasteiger partial charge in [-0.15, -0.1) is 10.2 Å². The van der Waals surface area contributed by atoms with Gasteiger partial charge < -0.3 is 15.3 Å². The number of fused-ring (bicyclic) bond motifs is 1. The quantitative estimate of drug-likeness (QED) is 0.341. The first-order chi connectivity index (χ1) is 18.6. The van der Waals surface area contributed by atoms with E-state index < -0.39 is 29.9 Å². The fourth-order valence-electron chi connectivity index (χ4n) is 6.03. The molecule has 2 saturated carbocycles. The highest BCUT2D eigenvalue weighted by molar-refractivity contribution is 5.62. The fraction of sp³-hybridized carbons (Fsp3) is 0.519. The lowest BCUT2D eigenvalue weighted by molar-refractivity contribution is -0.141. The summed E-state index contributed by atoms with van der Waals surface area (Å²) in [5.74, 6) is -1.43. The molecule has 39 heavy (non-hydrogen) atoms. The lowest BCUT2D eigenvalue weighted by atomic mass is 9.72. The highest BCUT2D eigenvalue weighted by Crippen LogP contribution is 2.44. The van der Waals surface area contributed by atoms with Crippen LogP contribution in [0.1, 0.15) is 84.4 Å². The molecule has 3 heterocycles. The predicted molar refractivity (Wildman–Crippen MR) is 134 cm³/mol. The Labute approximate surface area is 222 Å². The molecule has 0 bridgehead atoms. The van der Waals surface area contributed by atoms with Crippen molar-refractivity contribution in [2.75, 3.05) is 5.43 Å². The molecule has 12 heteroatoms. The highest BCUT2D eigenvalue weighted by atomic mass is 19.4. The molecule has 1 aliphatic heterocycles. The zero-order valence-corrected chi connectivity index (χ0v) is 21.4. The van der Waals surface area contributed by atoms with Gasteiger partial charge in [-0.3, -0.25) is 0 Å². The maximum absolute atomic E-state index is 13.9. The van der Waals surface area contributed by atoms with Crippen LogP contribution in [0.2, 0.25) is 0 Å². The van der Waals surface area contributed by atoms with E-state index in [0.29, 0.717) is 17.2 Å². The Hall–Kier alpha value is -3.12. The highest BCUT2D eigenvalue weighted by Gasteiger charge is 2.41. The van der Waals surface area contributed by atoms with E-state index in [1.54, 1.807) is 6.33 Å². The van der Waals surface area contributed by atoms with Crippen LogP contribution in [0, 0.1) is 5.92 Å². The number of halogens is 5. The molecule has 3 aromatic rings. The van der Waals surface area contributed by atoms with Gasteiger partial charge in [-0.2, -0.15) is 13.2 Å². The molecule has 3 atom stereocenters. The van der Waals surface area contributed by atoms with E-state index in [9.17, 15) is 22.0 Å². The number of alkyl halides is 5. The van der Waals surface area contributed by atoms with Gasteiger partial charge in [0.1, 0.15) is 17.8 Å². The van der Waals surface area contributed by atoms with Gasteiger partial charge in [-0.25, -0.2) is 19.2 Å². The Morgan fingerprint density at radius 3 is 2.64 bits per heavy atom. The number of nitrogens with one attached hydrogen (secondary N) is 3. The Morgan fingerprint density at radius 2 is 2.00 bits per heavy atom. The summed E-state index contributed by atoms with van der Waals surface area (Å²) < 4.78 is 70.8. The molecule has 2 fully saturated rings. The molecule has 0 spiro atoms. The smallest absolute Gasteiger partial charge is 0.320 e. The molecular weight excluding hydrogens is 517 g/mol. The number of hydrogen-bond acceptors (Lipinski definition) is 6. The van der Waals surface area contributed by atoms with Crippen molar-refractivity contribution in [2.45, 2.75) is 75.2 Å². The van der Waals surface area contributed by atoms with E-state index in [-0.39, 0.29) is 37.4 Å². The largest absolute Gasteiger partial charge is 0.433 e. The number of hydrazine groups is 1. The van der Waals surface area contributed by atoms with Gasteiger partial charge in [-0.1, -0.05) is 30.7 Å². The van der Waals surface area contributed by atoms with Crippen LogP contribution in [0.3, 0.4) is 0 Å². The van der Waals surface area contributed by atoms with Gasteiger partial charge in [0.2, 0.25) is 5.92 Å². The van der Waals surface area contributed by atoms with Gasteiger partial charge in [0, 0.05) is 44.0 Å². The topological polar surface area (TPSA) is 79.7 Å². The molecule has 7 nitrogen and oxygen atoms in total. The Balaban J connectivity index is 1.33. The fourth-order valence-corrected chi connectivity index (χ4v) is 6.03. The monoisotopic (exact) mass is 547 g/mol. The van der Waals surface area contributed by atoms with Crippen LogP contribution in [-0.2, 0) is 19.8 Å². The van der Waals surface area contributed by atoms with E-state index in [1.165, 1.54) is 0 Å². The third-order valence-corrected chi connectivity index (χ3v) is 8.28. The van der Waals surface area contributed by atoms with E-state index in [2.05, 4.69) is 31.3 Å². The number of hydrogen-bond donors (Lipinski definition) is 3. The molecule has 1 unspecified atom stereocenters. The number of aromatic nitrogens is 4. The third-order valence-electron chi connectivity index (χ3n) is 8.28. The van der Waals surface area contributed by atoms with E-state index in [4.69, 9.17) is 0 Å². The molecule has 2 aliphatic carbocycles. The Morgan fingerprint density at radius 1 is 1.18 bits per heavy atom. The van der Waals surface area contributed by atoms with Crippen molar-refractivity contribution in [3.63, 3.8) is 0 Å². The Bertz CT molecular complexity index is 1350. The first kappa shape index (κ1) is 26.1. The molecule has 0 radical (unpaired) electrons. The lowest BCUT2D eigenvalue weighted by Crippen LogP contribution is -2.28. The summed E-state index contributed by atoms with van der Waals surface area (Å²) in [6.45, 7) is -0.0512. The number of pyridine rings is 1. The molecule has 208 valence electrons. The summed E-state index contributed by atoms with van der Waals surface area (Å²) in [4.78, 5) is 3.88. The minimum absolute atomic E-state index is 0.0347. The van der Waals surface area contributed by atoms with Crippen LogP contribution < -0.4 is 16.2 Å². The van der Waals surface area contributed by atoms with Gasteiger partial charge in [-0.05, 0) is 42.4 Å². The van der Waals surface area contributed by atoms with Crippen molar-refractivity contribution >= 4 is 5.69 Å². The van der Waals surface area contributed by atoms with Crippen LogP contribution in [0.25, 0.3) is 0 Å². The van der Waals surface area contributed by atoms with Gasteiger partial charge in [0.25, 0.3) is 0 Å². The summed E-state index contributed by atoms with van der Waals surface area (Å²) in [6, 6.07) is 7.90. The zero-order chi connectivity index (χ0) is 27.4. The number of rotatable bonds is 7. The second-order valence-electron chi connectivity index (χ2n) is 10.9. The molecule has 6 rings (SSSR count). The van der Waals surface area contributed by atoms with Crippen LogP contribution in [0.5, 0.6) is 0 Å². The molecule has 3 aliphatic rings. The summed E-state index contributed by atoms with van der Waals surface area (Å²) >= 11 is 0. The molecule has 3 N–H and O–H groups in total. The predicted octanol–water partition coefficient (Wildman–Crippen LogP) is 5.46. The number of benzene rings is 1. The van der Waals surface area contributed by atoms with Crippen molar-refractivity contribution in [3.05, 3.63) is 70.6 Å². The van der Waals surface area contributed by atoms with Crippen LogP contribution >= 0.6 is 0 Å². The average Bonchev–Trinajstić information content (AvgIpc) is 3.57. The van der Waals surface area contributed by atoms with Crippen molar-refractivity contribution < 1.29 is 22.0 Å². The second kappa shape index (κ2) is 9.81. The summed E-state index contributed by atoms with van der Waals surface area (Å²) in [5.41, 5.74) is 8.00. The van der Waals surface area contributed by atoms with Crippen molar-refractivity contribution in [1.82, 2.24) is 30.5 Å². The number of aryl methyl sites for hydroxylation is 1. The molecule has 1 aromatic carbocycles. The third kappa shape index (κ3) is 5.11. The minimum atomic E-state index is -4.65.